The lowest BCUT2D eigenvalue weighted by Gasteiger charge is -2.22. The third kappa shape index (κ3) is 3.99. The molecule has 1 aliphatic heterocycles. The molecule has 0 amide bonds. The highest BCUT2D eigenvalue weighted by Gasteiger charge is 2.31. The van der Waals surface area contributed by atoms with Gasteiger partial charge in [0.15, 0.2) is 20.4 Å². The van der Waals surface area contributed by atoms with Crippen LogP contribution in [0.4, 0.5) is 0 Å². The van der Waals surface area contributed by atoms with Crippen LogP contribution < -0.4 is 0 Å². The zero-order valence-electron chi connectivity index (χ0n) is 14.5. The molecule has 0 saturated carbocycles. The Morgan fingerprint density at radius 1 is 1.36 bits per heavy atom. The maximum absolute atomic E-state index is 11.7. The van der Waals surface area contributed by atoms with Crippen LogP contribution in [0, 0.1) is 4.77 Å². The first-order valence-electron chi connectivity index (χ1n) is 8.40. The fourth-order valence-corrected chi connectivity index (χ4v) is 5.20. The highest BCUT2D eigenvalue weighted by molar-refractivity contribution is 7.91. The van der Waals surface area contributed by atoms with Gasteiger partial charge < -0.3 is 0 Å². The van der Waals surface area contributed by atoms with Crippen LogP contribution in [0.25, 0.3) is 11.4 Å². The van der Waals surface area contributed by atoms with Crippen LogP contribution in [0.5, 0.6) is 0 Å². The van der Waals surface area contributed by atoms with Gasteiger partial charge in [0.05, 0.1) is 18.2 Å². The third-order valence-electron chi connectivity index (χ3n) is 4.50. The number of pyridine rings is 1. The Hall–Kier alpha value is -1.58. The third-order valence-corrected chi connectivity index (χ3v) is 6.68. The first kappa shape index (κ1) is 18.2. The summed E-state index contributed by atoms with van der Waals surface area (Å²) in [5.74, 6) is 1.30. The van der Waals surface area contributed by atoms with Crippen molar-refractivity contribution < 1.29 is 8.42 Å². The second-order valence-corrected chi connectivity index (χ2v) is 9.04. The summed E-state index contributed by atoms with van der Waals surface area (Å²) in [6.45, 7) is 3.37. The molecular formula is C16H23N5O2S2. The minimum absolute atomic E-state index is 0.0209. The van der Waals surface area contributed by atoms with E-state index in [1.54, 1.807) is 17.1 Å². The number of sulfone groups is 1. The van der Waals surface area contributed by atoms with Gasteiger partial charge in [0.2, 0.25) is 0 Å². The molecule has 2 aromatic rings. The second kappa shape index (κ2) is 7.35. The number of hydrogen-bond acceptors (Lipinski definition) is 6. The molecule has 2 aromatic heterocycles. The Morgan fingerprint density at radius 2 is 2.08 bits per heavy atom. The molecular weight excluding hydrogens is 358 g/mol. The Kier molecular flexibility index (Phi) is 5.35. The average Bonchev–Trinajstić information content (AvgIpc) is 3.10. The van der Waals surface area contributed by atoms with E-state index in [1.165, 1.54) is 0 Å². The molecule has 9 heteroatoms. The van der Waals surface area contributed by atoms with E-state index in [0.717, 1.165) is 24.4 Å². The highest BCUT2D eigenvalue weighted by Crippen LogP contribution is 2.20. The molecule has 0 aliphatic carbocycles. The van der Waals surface area contributed by atoms with E-state index in [1.807, 2.05) is 28.6 Å². The van der Waals surface area contributed by atoms with Crippen LogP contribution in [0.1, 0.15) is 19.8 Å². The number of hydrogen-bond donors (Lipinski definition) is 0. The molecule has 136 valence electrons. The molecule has 3 rings (SSSR count). The lowest BCUT2D eigenvalue weighted by molar-refractivity contribution is 0.196. The van der Waals surface area contributed by atoms with Crippen molar-refractivity contribution in [3.63, 3.8) is 0 Å². The Morgan fingerprint density at radius 3 is 2.68 bits per heavy atom. The Labute approximate surface area is 153 Å². The normalized spacial score (nSPS) is 19.6. The second-order valence-electron chi connectivity index (χ2n) is 6.45. The van der Waals surface area contributed by atoms with Gasteiger partial charge >= 0.3 is 0 Å². The Bertz CT molecular complexity index is 889. The first-order valence-corrected chi connectivity index (χ1v) is 10.6. The molecule has 25 heavy (non-hydrogen) atoms. The molecule has 0 N–H and O–H groups in total. The molecule has 0 aromatic carbocycles. The lowest BCUT2D eigenvalue weighted by Crippen LogP contribution is -2.34. The zero-order chi connectivity index (χ0) is 18.0. The SMILES string of the molecule is CCCn1c(-c2ccncc2)nn(CN(C)C2CCS(=O)(=O)C2)c1=S. The molecule has 1 unspecified atom stereocenters. The van der Waals surface area contributed by atoms with Gasteiger partial charge in [-0.05, 0) is 44.2 Å². The van der Waals surface area contributed by atoms with Crippen molar-refractivity contribution in [1.82, 2.24) is 24.2 Å². The number of nitrogens with zero attached hydrogens (tertiary/aromatic N) is 5. The van der Waals surface area contributed by atoms with Crippen molar-refractivity contribution in [2.75, 3.05) is 18.6 Å². The van der Waals surface area contributed by atoms with Crippen molar-refractivity contribution in [3.8, 4) is 11.4 Å². The fourth-order valence-electron chi connectivity index (χ4n) is 3.12. The van der Waals surface area contributed by atoms with E-state index in [-0.39, 0.29) is 17.5 Å². The molecule has 0 bridgehead atoms. The Balaban J connectivity index is 1.88. The van der Waals surface area contributed by atoms with Crippen LogP contribution in [0.3, 0.4) is 0 Å². The molecule has 1 atom stereocenters. The predicted octanol–water partition coefficient (Wildman–Crippen LogP) is 1.96. The standard InChI is InChI=1S/C16H23N5O2S2/c1-3-9-20-15(13-4-7-17-8-5-13)18-21(16(20)24)12-19(2)14-6-10-25(22,23)11-14/h4-5,7-8,14H,3,6,9-12H2,1-2H3. The monoisotopic (exact) mass is 381 g/mol. The summed E-state index contributed by atoms with van der Waals surface area (Å²) in [6.07, 6.45) is 5.10. The van der Waals surface area contributed by atoms with Gasteiger partial charge in [-0.15, -0.1) is 0 Å². The molecule has 7 nitrogen and oxygen atoms in total. The van der Waals surface area contributed by atoms with Crippen molar-refractivity contribution >= 4 is 22.1 Å². The van der Waals surface area contributed by atoms with E-state index in [9.17, 15) is 8.42 Å². The van der Waals surface area contributed by atoms with Gasteiger partial charge in [-0.3, -0.25) is 14.5 Å². The molecule has 1 fully saturated rings. The van der Waals surface area contributed by atoms with Gasteiger partial charge in [-0.2, -0.15) is 5.10 Å². The molecule has 1 aliphatic rings. The maximum Gasteiger partial charge on any atom is 0.199 e. The average molecular weight is 382 g/mol. The van der Waals surface area contributed by atoms with Crippen molar-refractivity contribution in [2.45, 2.75) is 39.0 Å². The minimum Gasteiger partial charge on any atom is -0.300 e. The van der Waals surface area contributed by atoms with E-state index in [2.05, 4.69) is 11.9 Å². The van der Waals surface area contributed by atoms with Crippen molar-refractivity contribution in [3.05, 3.63) is 29.3 Å². The van der Waals surface area contributed by atoms with E-state index in [4.69, 9.17) is 17.3 Å². The molecule has 0 spiro atoms. The van der Waals surface area contributed by atoms with E-state index in [0.29, 0.717) is 17.9 Å². The van der Waals surface area contributed by atoms with Gasteiger partial charge in [0.1, 0.15) is 0 Å². The summed E-state index contributed by atoms with van der Waals surface area (Å²) in [5, 5.41) is 4.70. The summed E-state index contributed by atoms with van der Waals surface area (Å²) < 4.78 is 27.9. The smallest absolute Gasteiger partial charge is 0.199 e. The molecule has 0 radical (unpaired) electrons. The molecule has 3 heterocycles. The summed E-state index contributed by atoms with van der Waals surface area (Å²) >= 11 is 5.62. The van der Waals surface area contributed by atoms with Crippen LogP contribution in [-0.2, 0) is 23.1 Å². The van der Waals surface area contributed by atoms with Crippen molar-refractivity contribution in [2.24, 2.45) is 0 Å². The zero-order valence-corrected chi connectivity index (χ0v) is 16.1. The van der Waals surface area contributed by atoms with Crippen LogP contribution >= 0.6 is 12.2 Å². The number of rotatable bonds is 6. The fraction of sp³-hybridized carbons (Fsp3) is 0.562. The summed E-state index contributed by atoms with van der Waals surface area (Å²) in [6, 6.07) is 3.86. The summed E-state index contributed by atoms with van der Waals surface area (Å²) in [4.78, 5) is 6.08. The topological polar surface area (TPSA) is 73.0 Å². The van der Waals surface area contributed by atoms with Gasteiger partial charge in [0, 0.05) is 30.5 Å². The van der Waals surface area contributed by atoms with Crippen molar-refractivity contribution in [1.29, 1.82) is 0 Å². The van der Waals surface area contributed by atoms with Crippen LogP contribution in [-0.4, -0.2) is 57.2 Å². The van der Waals surface area contributed by atoms with Crippen LogP contribution in [0.2, 0.25) is 0 Å². The van der Waals surface area contributed by atoms with Gasteiger partial charge in [-0.25, -0.2) is 13.1 Å². The van der Waals surface area contributed by atoms with Crippen LogP contribution in [0.15, 0.2) is 24.5 Å². The van der Waals surface area contributed by atoms with E-state index < -0.39 is 9.84 Å². The van der Waals surface area contributed by atoms with Gasteiger partial charge in [0.25, 0.3) is 0 Å². The first-order chi connectivity index (χ1) is 11.9. The minimum atomic E-state index is -2.91. The maximum atomic E-state index is 11.7. The lowest BCUT2D eigenvalue weighted by atomic mass is 10.2. The van der Waals surface area contributed by atoms with E-state index >= 15 is 0 Å². The highest BCUT2D eigenvalue weighted by atomic mass is 32.2. The van der Waals surface area contributed by atoms with Gasteiger partial charge in [-0.1, -0.05) is 6.92 Å². The quantitative estimate of drug-likeness (QED) is 0.712. The number of aromatic nitrogens is 4. The predicted molar refractivity (Wildman–Crippen MR) is 99.4 cm³/mol. The largest absolute Gasteiger partial charge is 0.300 e. The summed E-state index contributed by atoms with van der Waals surface area (Å²) in [5.41, 5.74) is 0.972. The summed E-state index contributed by atoms with van der Waals surface area (Å²) in [7, 11) is -0.978. The molecule has 1 saturated heterocycles.